The Labute approximate surface area is 180 Å². The van der Waals surface area contributed by atoms with Gasteiger partial charge in [-0.25, -0.2) is 4.98 Å². The van der Waals surface area contributed by atoms with Crippen molar-refractivity contribution >= 4 is 28.8 Å². The lowest BCUT2D eigenvalue weighted by molar-refractivity contribution is -0.116. The van der Waals surface area contributed by atoms with Crippen molar-refractivity contribution in [3.05, 3.63) is 75.2 Å². The first kappa shape index (κ1) is 21.5. The number of thiazole rings is 1. The molecule has 1 N–H and O–H groups in total. The zero-order valence-corrected chi connectivity index (χ0v) is 18.4. The number of nitrogens with zero attached hydrogens (tertiary/aromatic N) is 2. The van der Waals surface area contributed by atoms with Gasteiger partial charge in [0, 0.05) is 23.7 Å². The SMILES string of the molecule is Cc1ccc(C)c(NC(=O)CN(C)C(=O)c2ccc(OCc3csc(C)n3)cc2)c1. The molecule has 0 bridgehead atoms. The molecule has 2 amide bonds. The summed E-state index contributed by atoms with van der Waals surface area (Å²) in [5.74, 6) is 0.193. The highest BCUT2D eigenvalue weighted by molar-refractivity contribution is 7.09. The van der Waals surface area contributed by atoms with Crippen molar-refractivity contribution in [2.45, 2.75) is 27.4 Å². The Bertz CT molecular complexity index is 1040. The maximum atomic E-state index is 12.6. The molecule has 3 rings (SSSR count). The van der Waals surface area contributed by atoms with E-state index in [1.54, 1.807) is 42.6 Å². The van der Waals surface area contributed by atoms with Gasteiger partial charge in [0.15, 0.2) is 0 Å². The number of likely N-dealkylation sites (N-methyl/N-ethyl adjacent to an activating group) is 1. The molecule has 0 radical (unpaired) electrons. The number of rotatable bonds is 7. The highest BCUT2D eigenvalue weighted by Gasteiger charge is 2.16. The summed E-state index contributed by atoms with van der Waals surface area (Å²) in [5.41, 5.74) is 4.18. The first-order valence-corrected chi connectivity index (χ1v) is 10.5. The molecule has 0 spiro atoms. The van der Waals surface area contributed by atoms with Crippen molar-refractivity contribution in [1.29, 1.82) is 0 Å². The maximum absolute atomic E-state index is 12.6. The first-order valence-electron chi connectivity index (χ1n) is 9.58. The molecule has 30 heavy (non-hydrogen) atoms. The van der Waals surface area contributed by atoms with Crippen LogP contribution in [-0.4, -0.2) is 35.3 Å². The van der Waals surface area contributed by atoms with E-state index in [4.69, 9.17) is 4.74 Å². The third kappa shape index (κ3) is 5.67. The second-order valence-electron chi connectivity index (χ2n) is 7.20. The predicted octanol–water partition coefficient (Wildman–Crippen LogP) is 4.36. The molecule has 0 aliphatic rings. The summed E-state index contributed by atoms with van der Waals surface area (Å²) in [4.78, 5) is 30.8. The molecule has 0 fully saturated rings. The number of aryl methyl sites for hydroxylation is 3. The third-order valence-corrected chi connectivity index (χ3v) is 5.37. The fraction of sp³-hybridized carbons (Fsp3) is 0.261. The molecule has 156 valence electrons. The van der Waals surface area contributed by atoms with Crippen LogP contribution >= 0.6 is 11.3 Å². The Morgan fingerprint density at radius 1 is 1.10 bits per heavy atom. The lowest BCUT2D eigenvalue weighted by atomic mass is 10.1. The molecule has 0 saturated heterocycles. The average Bonchev–Trinajstić information content (AvgIpc) is 3.14. The van der Waals surface area contributed by atoms with Gasteiger partial charge >= 0.3 is 0 Å². The molecule has 2 aromatic carbocycles. The molecular formula is C23H25N3O3S. The minimum atomic E-state index is -0.238. The van der Waals surface area contributed by atoms with Crippen LogP contribution < -0.4 is 10.1 Å². The van der Waals surface area contributed by atoms with Crippen LogP contribution in [0.2, 0.25) is 0 Å². The zero-order valence-electron chi connectivity index (χ0n) is 17.6. The van der Waals surface area contributed by atoms with Gasteiger partial charge in [0.05, 0.1) is 17.2 Å². The number of carbonyl (C=O) groups is 2. The van der Waals surface area contributed by atoms with Crippen LogP contribution in [-0.2, 0) is 11.4 Å². The molecule has 0 saturated carbocycles. The number of carbonyl (C=O) groups excluding carboxylic acids is 2. The number of nitrogens with one attached hydrogen (secondary N) is 1. The number of hydrogen-bond donors (Lipinski definition) is 1. The summed E-state index contributed by atoms with van der Waals surface area (Å²) in [6.07, 6.45) is 0. The molecule has 1 aromatic heterocycles. The van der Waals surface area contributed by atoms with Crippen LogP contribution in [0.15, 0.2) is 47.8 Å². The number of hydrogen-bond acceptors (Lipinski definition) is 5. The number of aromatic nitrogens is 1. The van der Waals surface area contributed by atoms with Gasteiger partial charge in [-0.15, -0.1) is 11.3 Å². The minimum absolute atomic E-state index is 0.0341. The maximum Gasteiger partial charge on any atom is 0.254 e. The van der Waals surface area contributed by atoms with Crippen molar-refractivity contribution in [2.24, 2.45) is 0 Å². The van der Waals surface area contributed by atoms with Crippen LogP contribution in [0.3, 0.4) is 0 Å². The van der Waals surface area contributed by atoms with E-state index in [-0.39, 0.29) is 18.4 Å². The van der Waals surface area contributed by atoms with E-state index in [0.29, 0.717) is 17.9 Å². The highest BCUT2D eigenvalue weighted by atomic mass is 32.1. The summed E-state index contributed by atoms with van der Waals surface area (Å²) in [6.45, 7) is 6.20. The Hall–Kier alpha value is -3.19. The van der Waals surface area contributed by atoms with Gasteiger partial charge in [0.1, 0.15) is 12.4 Å². The number of anilines is 1. The van der Waals surface area contributed by atoms with Crippen molar-refractivity contribution in [3.63, 3.8) is 0 Å². The number of benzene rings is 2. The summed E-state index contributed by atoms with van der Waals surface area (Å²) in [6, 6.07) is 12.8. The fourth-order valence-electron chi connectivity index (χ4n) is 2.89. The van der Waals surface area contributed by atoms with Crippen molar-refractivity contribution in [1.82, 2.24) is 9.88 Å². The number of amides is 2. The third-order valence-electron chi connectivity index (χ3n) is 4.55. The monoisotopic (exact) mass is 423 g/mol. The predicted molar refractivity (Wildman–Crippen MR) is 119 cm³/mol. The Morgan fingerprint density at radius 2 is 1.83 bits per heavy atom. The summed E-state index contributed by atoms with van der Waals surface area (Å²) in [7, 11) is 1.61. The van der Waals surface area contributed by atoms with Gasteiger partial charge in [-0.3, -0.25) is 9.59 Å². The summed E-state index contributed by atoms with van der Waals surface area (Å²) in [5, 5.41) is 5.84. The smallest absolute Gasteiger partial charge is 0.254 e. The van der Waals surface area contributed by atoms with E-state index in [1.165, 1.54) is 4.90 Å². The Kier molecular flexibility index (Phi) is 6.84. The molecule has 0 unspecified atom stereocenters. The van der Waals surface area contributed by atoms with E-state index < -0.39 is 0 Å². The minimum Gasteiger partial charge on any atom is -0.487 e. The topological polar surface area (TPSA) is 71.5 Å². The molecule has 6 nitrogen and oxygen atoms in total. The van der Waals surface area contributed by atoms with E-state index in [2.05, 4.69) is 10.3 Å². The molecule has 3 aromatic rings. The van der Waals surface area contributed by atoms with Gasteiger partial charge in [-0.05, 0) is 62.2 Å². The van der Waals surface area contributed by atoms with Crippen LogP contribution in [0.25, 0.3) is 0 Å². The average molecular weight is 424 g/mol. The summed E-state index contributed by atoms with van der Waals surface area (Å²) >= 11 is 1.58. The molecule has 0 atom stereocenters. The molecule has 7 heteroatoms. The largest absolute Gasteiger partial charge is 0.487 e. The second-order valence-corrected chi connectivity index (χ2v) is 8.26. The van der Waals surface area contributed by atoms with Crippen molar-refractivity contribution in [2.75, 3.05) is 18.9 Å². The van der Waals surface area contributed by atoms with E-state index in [0.717, 1.165) is 27.5 Å². The van der Waals surface area contributed by atoms with Crippen LogP contribution in [0, 0.1) is 20.8 Å². The van der Waals surface area contributed by atoms with E-state index in [9.17, 15) is 9.59 Å². The normalized spacial score (nSPS) is 10.5. The lowest BCUT2D eigenvalue weighted by Gasteiger charge is -2.18. The molecular weight excluding hydrogens is 398 g/mol. The number of ether oxygens (including phenoxy) is 1. The Balaban J connectivity index is 1.54. The van der Waals surface area contributed by atoms with Crippen LogP contribution in [0.1, 0.15) is 32.2 Å². The second kappa shape index (κ2) is 9.54. The van der Waals surface area contributed by atoms with E-state index >= 15 is 0 Å². The molecule has 0 aliphatic heterocycles. The van der Waals surface area contributed by atoms with Crippen LogP contribution in [0.4, 0.5) is 5.69 Å². The summed E-state index contributed by atoms with van der Waals surface area (Å²) < 4.78 is 5.71. The first-order chi connectivity index (χ1) is 14.3. The van der Waals surface area contributed by atoms with Gasteiger partial charge in [-0.2, -0.15) is 0 Å². The molecule has 1 heterocycles. The quantitative estimate of drug-likeness (QED) is 0.613. The van der Waals surface area contributed by atoms with Gasteiger partial charge < -0.3 is 15.0 Å². The van der Waals surface area contributed by atoms with Gasteiger partial charge in [0.2, 0.25) is 5.91 Å². The van der Waals surface area contributed by atoms with Crippen molar-refractivity contribution in [3.8, 4) is 5.75 Å². The zero-order chi connectivity index (χ0) is 21.7. The molecule has 0 aliphatic carbocycles. The van der Waals surface area contributed by atoms with Crippen molar-refractivity contribution < 1.29 is 14.3 Å². The standard InChI is InChI=1S/C23H25N3O3S/c1-15-5-6-16(2)21(11-15)25-22(27)12-26(4)23(28)18-7-9-20(10-8-18)29-13-19-14-30-17(3)24-19/h5-11,14H,12-13H2,1-4H3,(H,25,27). The lowest BCUT2D eigenvalue weighted by Crippen LogP contribution is -2.35. The fourth-order valence-corrected chi connectivity index (χ4v) is 3.49. The van der Waals surface area contributed by atoms with Gasteiger partial charge in [-0.1, -0.05) is 12.1 Å². The highest BCUT2D eigenvalue weighted by Crippen LogP contribution is 2.18. The van der Waals surface area contributed by atoms with Crippen LogP contribution in [0.5, 0.6) is 5.75 Å². The Morgan fingerprint density at radius 3 is 2.50 bits per heavy atom. The van der Waals surface area contributed by atoms with E-state index in [1.807, 2.05) is 44.4 Å². The van der Waals surface area contributed by atoms with Gasteiger partial charge in [0.25, 0.3) is 5.91 Å².